The van der Waals surface area contributed by atoms with Gasteiger partial charge in [-0.25, -0.2) is 4.98 Å². The number of rotatable bonds is 2. The fourth-order valence-electron chi connectivity index (χ4n) is 2.52. The number of hydrogen-bond acceptors (Lipinski definition) is 2. The number of halogens is 2. The van der Waals surface area contributed by atoms with E-state index in [1.165, 1.54) is 11.1 Å². The summed E-state index contributed by atoms with van der Waals surface area (Å²) >= 11 is 6.99. The highest BCUT2D eigenvalue weighted by atomic mass is 79.9. The Morgan fingerprint density at radius 1 is 0.739 bits per heavy atom. The van der Waals surface area contributed by atoms with Crippen LogP contribution in [-0.2, 0) is 0 Å². The maximum absolute atomic E-state index is 5.89. The van der Waals surface area contributed by atoms with Gasteiger partial charge in [0, 0.05) is 14.5 Å². The monoisotopic (exact) mass is 427 g/mol. The highest BCUT2D eigenvalue weighted by Crippen LogP contribution is 2.32. The Labute approximate surface area is 150 Å². The van der Waals surface area contributed by atoms with Crippen molar-refractivity contribution in [3.63, 3.8) is 0 Å². The van der Waals surface area contributed by atoms with E-state index in [2.05, 4.69) is 61.1 Å². The zero-order valence-electron chi connectivity index (χ0n) is 12.0. The molecule has 0 fully saturated rings. The molecule has 0 spiro atoms. The van der Waals surface area contributed by atoms with E-state index in [0.29, 0.717) is 5.89 Å². The molecule has 0 bridgehead atoms. The number of fused-ring (bicyclic) bond motifs is 1. The van der Waals surface area contributed by atoms with E-state index in [-0.39, 0.29) is 0 Å². The molecule has 0 aliphatic carbocycles. The third kappa shape index (κ3) is 2.84. The normalized spacial score (nSPS) is 11.0. The van der Waals surface area contributed by atoms with E-state index in [1.54, 1.807) is 0 Å². The van der Waals surface area contributed by atoms with Crippen molar-refractivity contribution in [2.75, 3.05) is 0 Å². The molecule has 0 unspecified atom stereocenters. The Morgan fingerprint density at radius 2 is 1.39 bits per heavy atom. The third-order valence-electron chi connectivity index (χ3n) is 3.65. The molecule has 0 aliphatic heterocycles. The summed E-state index contributed by atoms with van der Waals surface area (Å²) in [5.74, 6) is 0.624. The molecule has 0 saturated heterocycles. The average Bonchev–Trinajstić information content (AvgIpc) is 3.00. The third-order valence-corrected chi connectivity index (χ3v) is 4.71. The summed E-state index contributed by atoms with van der Waals surface area (Å²) in [6.07, 6.45) is 0. The Morgan fingerprint density at radius 3 is 2.13 bits per heavy atom. The number of oxazole rings is 1. The van der Waals surface area contributed by atoms with Crippen LogP contribution in [0.1, 0.15) is 0 Å². The molecule has 0 amide bonds. The van der Waals surface area contributed by atoms with Gasteiger partial charge in [-0.3, -0.25) is 0 Å². The van der Waals surface area contributed by atoms with E-state index in [0.717, 1.165) is 25.6 Å². The topological polar surface area (TPSA) is 26.0 Å². The molecule has 3 aromatic carbocycles. The first kappa shape index (κ1) is 14.7. The van der Waals surface area contributed by atoms with Gasteiger partial charge in [-0.1, -0.05) is 58.4 Å². The maximum Gasteiger partial charge on any atom is 0.227 e. The summed E-state index contributed by atoms with van der Waals surface area (Å²) in [6, 6.07) is 22.4. The van der Waals surface area contributed by atoms with Crippen LogP contribution in [0.3, 0.4) is 0 Å². The second-order valence-electron chi connectivity index (χ2n) is 5.20. The van der Waals surface area contributed by atoms with Crippen LogP contribution in [0.2, 0.25) is 0 Å². The van der Waals surface area contributed by atoms with Crippen molar-refractivity contribution >= 4 is 43.0 Å². The molecular formula is C19H11Br2NO. The smallest absolute Gasteiger partial charge is 0.227 e. The summed E-state index contributed by atoms with van der Waals surface area (Å²) in [5, 5.41) is 0. The lowest BCUT2D eigenvalue weighted by Crippen LogP contribution is -1.80. The van der Waals surface area contributed by atoms with Crippen LogP contribution in [0.5, 0.6) is 0 Å². The first-order chi connectivity index (χ1) is 11.2. The lowest BCUT2D eigenvalue weighted by atomic mass is 10.0. The fraction of sp³-hybridized carbons (Fsp3) is 0. The summed E-state index contributed by atoms with van der Waals surface area (Å²) in [7, 11) is 0. The van der Waals surface area contributed by atoms with Crippen LogP contribution < -0.4 is 0 Å². The van der Waals surface area contributed by atoms with Gasteiger partial charge in [0.25, 0.3) is 0 Å². The Bertz CT molecular complexity index is 976. The Kier molecular flexibility index (Phi) is 3.79. The first-order valence-electron chi connectivity index (χ1n) is 7.12. The summed E-state index contributed by atoms with van der Waals surface area (Å²) in [6.45, 7) is 0. The van der Waals surface area contributed by atoms with Gasteiger partial charge in [0.05, 0.1) is 0 Å². The molecule has 23 heavy (non-hydrogen) atoms. The van der Waals surface area contributed by atoms with Crippen LogP contribution in [0, 0.1) is 0 Å². The van der Waals surface area contributed by atoms with Crippen LogP contribution in [0.4, 0.5) is 0 Å². The van der Waals surface area contributed by atoms with Crippen molar-refractivity contribution in [3.8, 4) is 22.6 Å². The minimum absolute atomic E-state index is 0.624. The van der Waals surface area contributed by atoms with Crippen molar-refractivity contribution in [2.24, 2.45) is 0 Å². The van der Waals surface area contributed by atoms with E-state index >= 15 is 0 Å². The molecule has 0 atom stereocenters. The second-order valence-corrected chi connectivity index (χ2v) is 6.97. The maximum atomic E-state index is 5.89. The molecule has 0 aliphatic rings. The SMILES string of the molecule is Brc1cc(Br)c2nc(-c3ccc(-c4ccccc4)cc3)oc2c1. The van der Waals surface area contributed by atoms with Gasteiger partial charge in [0.15, 0.2) is 5.58 Å². The van der Waals surface area contributed by atoms with Gasteiger partial charge in [0.1, 0.15) is 5.52 Å². The molecule has 1 heterocycles. The van der Waals surface area contributed by atoms with Crippen molar-refractivity contribution in [2.45, 2.75) is 0 Å². The van der Waals surface area contributed by atoms with E-state index in [1.807, 2.05) is 42.5 Å². The van der Waals surface area contributed by atoms with E-state index in [4.69, 9.17) is 4.42 Å². The lowest BCUT2D eigenvalue weighted by molar-refractivity contribution is 0.619. The fourth-order valence-corrected chi connectivity index (χ4v) is 3.79. The minimum atomic E-state index is 0.624. The first-order valence-corrected chi connectivity index (χ1v) is 8.71. The molecule has 4 rings (SSSR count). The molecule has 0 saturated carbocycles. The molecule has 0 radical (unpaired) electrons. The van der Waals surface area contributed by atoms with Crippen LogP contribution in [-0.4, -0.2) is 4.98 Å². The molecule has 2 nitrogen and oxygen atoms in total. The van der Waals surface area contributed by atoms with E-state index < -0.39 is 0 Å². The Hall–Kier alpha value is -1.91. The zero-order valence-corrected chi connectivity index (χ0v) is 15.1. The molecule has 4 heteroatoms. The van der Waals surface area contributed by atoms with Crippen molar-refractivity contribution in [3.05, 3.63) is 75.7 Å². The summed E-state index contributed by atoms with van der Waals surface area (Å²) in [5.41, 5.74) is 4.92. The highest BCUT2D eigenvalue weighted by Gasteiger charge is 2.11. The second kappa shape index (κ2) is 5.95. The van der Waals surface area contributed by atoms with Crippen LogP contribution in [0.15, 0.2) is 80.1 Å². The largest absolute Gasteiger partial charge is 0.436 e. The van der Waals surface area contributed by atoms with Gasteiger partial charge in [-0.15, -0.1) is 0 Å². The molecule has 4 aromatic rings. The summed E-state index contributed by atoms with van der Waals surface area (Å²) in [4.78, 5) is 4.59. The minimum Gasteiger partial charge on any atom is -0.436 e. The van der Waals surface area contributed by atoms with Gasteiger partial charge in [0.2, 0.25) is 5.89 Å². The van der Waals surface area contributed by atoms with Gasteiger partial charge < -0.3 is 4.42 Å². The average molecular weight is 429 g/mol. The Balaban J connectivity index is 1.75. The van der Waals surface area contributed by atoms with E-state index in [9.17, 15) is 0 Å². The lowest BCUT2D eigenvalue weighted by Gasteiger charge is -2.02. The van der Waals surface area contributed by atoms with Gasteiger partial charge in [-0.2, -0.15) is 0 Å². The standard InChI is InChI=1S/C19H11Br2NO/c20-15-10-16(21)18-17(11-15)23-19(22-18)14-8-6-13(7-9-14)12-4-2-1-3-5-12/h1-11H. The van der Waals surface area contributed by atoms with Crippen molar-refractivity contribution < 1.29 is 4.42 Å². The van der Waals surface area contributed by atoms with Gasteiger partial charge in [-0.05, 0) is 51.3 Å². The number of nitrogens with zero attached hydrogens (tertiary/aromatic N) is 1. The number of hydrogen-bond donors (Lipinski definition) is 0. The highest BCUT2D eigenvalue weighted by molar-refractivity contribution is 9.11. The predicted octanol–water partition coefficient (Wildman–Crippen LogP) is 6.69. The molecular weight excluding hydrogens is 418 g/mol. The molecule has 0 N–H and O–H groups in total. The summed E-state index contributed by atoms with van der Waals surface area (Å²) < 4.78 is 7.76. The zero-order chi connectivity index (χ0) is 15.8. The number of benzene rings is 3. The molecule has 1 aromatic heterocycles. The predicted molar refractivity (Wildman–Crippen MR) is 100 cm³/mol. The van der Waals surface area contributed by atoms with Crippen molar-refractivity contribution in [1.29, 1.82) is 0 Å². The quantitative estimate of drug-likeness (QED) is 0.355. The van der Waals surface area contributed by atoms with Gasteiger partial charge >= 0.3 is 0 Å². The number of aromatic nitrogens is 1. The van der Waals surface area contributed by atoms with Crippen LogP contribution >= 0.6 is 31.9 Å². The van der Waals surface area contributed by atoms with Crippen molar-refractivity contribution in [1.82, 2.24) is 4.98 Å². The van der Waals surface area contributed by atoms with Crippen LogP contribution in [0.25, 0.3) is 33.7 Å². The molecule has 112 valence electrons.